The summed E-state index contributed by atoms with van der Waals surface area (Å²) in [5.74, 6) is -1.01. The second-order valence-corrected chi connectivity index (χ2v) is 8.71. The van der Waals surface area contributed by atoms with Crippen molar-refractivity contribution in [2.24, 2.45) is 7.05 Å². The van der Waals surface area contributed by atoms with E-state index in [1.807, 2.05) is 0 Å². The van der Waals surface area contributed by atoms with Gasteiger partial charge >= 0.3 is 12.1 Å². The Morgan fingerprint density at radius 3 is 2.59 bits per heavy atom. The number of nitrogens with one attached hydrogen (secondary N) is 1. The van der Waals surface area contributed by atoms with Crippen molar-refractivity contribution in [3.63, 3.8) is 0 Å². The number of fused-ring (bicyclic) bond motifs is 2. The number of alkyl halides is 3. The molecule has 5 aromatic rings. The van der Waals surface area contributed by atoms with E-state index in [2.05, 4.69) is 10.4 Å². The first-order valence-electron chi connectivity index (χ1n) is 11.2. The van der Waals surface area contributed by atoms with Crippen LogP contribution in [0.5, 0.6) is 0 Å². The number of carbonyl (C=O) groups is 1. The minimum Gasteiger partial charge on any atom is -0.478 e. The van der Waals surface area contributed by atoms with Gasteiger partial charge < -0.3 is 14.8 Å². The minimum atomic E-state index is -4.71. The maximum Gasteiger partial charge on any atom is 0.416 e. The number of carboxylic acid groups (broad SMARTS) is 1. The van der Waals surface area contributed by atoms with Crippen molar-refractivity contribution in [2.75, 3.05) is 5.32 Å². The zero-order chi connectivity index (χ0) is 26.5. The van der Waals surface area contributed by atoms with E-state index < -0.39 is 29.2 Å². The fraction of sp³-hybridized carbons (Fsp3) is 0.148. The lowest BCUT2D eigenvalue weighted by molar-refractivity contribution is -0.137. The summed E-state index contributed by atoms with van der Waals surface area (Å²) < 4.78 is 48.9. The highest BCUT2D eigenvalue weighted by molar-refractivity contribution is 5.94. The molecule has 0 aliphatic rings. The standard InChI is InChI=1S/C27H20F3N3O4/c1-14(31-22-6-4-3-5-18(22)26(35)36)19-10-17(27(28,29)30)11-20-23(34)12-24(37-25(19)20)15-7-8-21-16(9-15)13-33(2)32-21/h3-14,31H,1-2H3,(H,35,36)/t14-/m1/s1. The van der Waals surface area contributed by atoms with Crippen LogP contribution in [0.2, 0.25) is 0 Å². The predicted octanol–water partition coefficient (Wildman–Crippen LogP) is 6.24. The number of para-hydroxylation sites is 1. The third-order valence-corrected chi connectivity index (χ3v) is 6.08. The molecule has 0 bridgehead atoms. The molecule has 7 nitrogen and oxygen atoms in total. The Hall–Kier alpha value is -4.60. The van der Waals surface area contributed by atoms with E-state index in [4.69, 9.17) is 4.42 Å². The van der Waals surface area contributed by atoms with Crippen LogP contribution in [0.15, 0.2) is 76.1 Å². The Balaban J connectivity index is 1.69. The zero-order valence-corrected chi connectivity index (χ0v) is 19.6. The number of rotatable bonds is 5. The molecule has 0 aliphatic carbocycles. The average molecular weight is 507 g/mol. The summed E-state index contributed by atoms with van der Waals surface area (Å²) in [4.78, 5) is 24.7. The molecule has 0 aliphatic heterocycles. The van der Waals surface area contributed by atoms with Gasteiger partial charge in [0.1, 0.15) is 11.3 Å². The number of aromatic nitrogens is 2. The summed E-state index contributed by atoms with van der Waals surface area (Å²) in [5, 5.41) is 17.3. The van der Waals surface area contributed by atoms with Crippen LogP contribution >= 0.6 is 0 Å². The molecule has 2 heterocycles. The van der Waals surface area contributed by atoms with Gasteiger partial charge in [0.25, 0.3) is 0 Å². The molecular formula is C27H20F3N3O4. The molecule has 0 spiro atoms. The topological polar surface area (TPSA) is 97.4 Å². The van der Waals surface area contributed by atoms with E-state index in [9.17, 15) is 27.9 Å². The van der Waals surface area contributed by atoms with Crippen molar-refractivity contribution < 1.29 is 27.5 Å². The Labute approximate surface area is 207 Å². The number of carboxylic acids is 1. The van der Waals surface area contributed by atoms with Gasteiger partial charge in [0.2, 0.25) is 0 Å². The van der Waals surface area contributed by atoms with Gasteiger partial charge in [-0.2, -0.15) is 18.3 Å². The Kier molecular flexibility index (Phi) is 5.74. The Morgan fingerprint density at radius 2 is 1.86 bits per heavy atom. The van der Waals surface area contributed by atoms with Crippen LogP contribution < -0.4 is 10.7 Å². The van der Waals surface area contributed by atoms with Gasteiger partial charge in [0.15, 0.2) is 5.43 Å². The largest absolute Gasteiger partial charge is 0.478 e. The first-order valence-corrected chi connectivity index (χ1v) is 11.2. The highest BCUT2D eigenvalue weighted by atomic mass is 19.4. The summed E-state index contributed by atoms with van der Waals surface area (Å²) >= 11 is 0. The van der Waals surface area contributed by atoms with Crippen molar-refractivity contribution >= 4 is 33.5 Å². The lowest BCUT2D eigenvalue weighted by atomic mass is 9.99. The first-order chi connectivity index (χ1) is 17.5. The minimum absolute atomic E-state index is 0.0189. The van der Waals surface area contributed by atoms with Gasteiger partial charge in [-0.3, -0.25) is 9.48 Å². The van der Waals surface area contributed by atoms with Crippen LogP contribution in [-0.4, -0.2) is 20.9 Å². The van der Waals surface area contributed by atoms with Crippen molar-refractivity contribution in [3.05, 3.63) is 93.8 Å². The molecule has 3 aromatic carbocycles. The molecule has 0 unspecified atom stereocenters. The number of benzene rings is 3. The van der Waals surface area contributed by atoms with Crippen molar-refractivity contribution in [1.29, 1.82) is 0 Å². The normalized spacial score (nSPS) is 12.7. The molecule has 1 atom stereocenters. The molecule has 2 N–H and O–H groups in total. The smallest absolute Gasteiger partial charge is 0.416 e. The van der Waals surface area contributed by atoms with Gasteiger partial charge in [-0.25, -0.2) is 4.79 Å². The van der Waals surface area contributed by atoms with Crippen molar-refractivity contribution in [1.82, 2.24) is 9.78 Å². The van der Waals surface area contributed by atoms with E-state index in [0.29, 0.717) is 5.56 Å². The Bertz CT molecular complexity index is 1740. The number of anilines is 1. The average Bonchev–Trinajstić information content (AvgIpc) is 3.22. The number of nitrogens with zero attached hydrogens (tertiary/aromatic N) is 2. The highest BCUT2D eigenvalue weighted by Gasteiger charge is 2.33. The SMILES string of the molecule is C[C@@H](Nc1ccccc1C(=O)O)c1cc(C(F)(F)F)cc2c(=O)cc(-c3ccc4nn(C)cc4c3)oc12. The molecule has 0 radical (unpaired) electrons. The van der Waals surface area contributed by atoms with Crippen LogP contribution in [0.1, 0.15) is 34.5 Å². The van der Waals surface area contributed by atoms with Crippen molar-refractivity contribution in [3.8, 4) is 11.3 Å². The maximum atomic E-state index is 13.7. The van der Waals surface area contributed by atoms with E-state index in [-0.39, 0.29) is 33.5 Å². The predicted molar refractivity (Wildman–Crippen MR) is 133 cm³/mol. The first kappa shape index (κ1) is 24.1. The fourth-order valence-corrected chi connectivity index (χ4v) is 4.32. The van der Waals surface area contributed by atoms with Gasteiger partial charge in [0.05, 0.1) is 28.1 Å². The number of hydrogen-bond acceptors (Lipinski definition) is 5. The zero-order valence-electron chi connectivity index (χ0n) is 19.6. The van der Waals surface area contributed by atoms with Crippen LogP contribution in [0.3, 0.4) is 0 Å². The number of hydrogen-bond donors (Lipinski definition) is 2. The lowest BCUT2D eigenvalue weighted by Crippen LogP contribution is -2.15. The molecule has 0 fully saturated rings. The highest BCUT2D eigenvalue weighted by Crippen LogP contribution is 2.37. The van der Waals surface area contributed by atoms with E-state index in [0.717, 1.165) is 23.0 Å². The molecule has 37 heavy (non-hydrogen) atoms. The second-order valence-electron chi connectivity index (χ2n) is 8.71. The van der Waals surface area contributed by atoms with Gasteiger partial charge in [-0.15, -0.1) is 0 Å². The summed E-state index contributed by atoms with van der Waals surface area (Å²) in [7, 11) is 1.78. The summed E-state index contributed by atoms with van der Waals surface area (Å²) in [6, 6.07) is 13.3. The quantitative estimate of drug-likeness (QED) is 0.292. The second kappa shape index (κ2) is 8.81. The van der Waals surface area contributed by atoms with E-state index in [1.54, 1.807) is 55.2 Å². The maximum absolute atomic E-state index is 13.7. The monoisotopic (exact) mass is 507 g/mol. The molecule has 188 valence electrons. The van der Waals surface area contributed by atoms with Gasteiger partial charge in [-0.1, -0.05) is 12.1 Å². The third-order valence-electron chi connectivity index (χ3n) is 6.08. The molecule has 5 rings (SSSR count). The molecule has 0 amide bonds. The van der Waals surface area contributed by atoms with Gasteiger partial charge in [0, 0.05) is 41.5 Å². The van der Waals surface area contributed by atoms with Crippen LogP contribution in [0.25, 0.3) is 33.2 Å². The molecular weight excluding hydrogens is 487 g/mol. The van der Waals surface area contributed by atoms with Crippen molar-refractivity contribution in [2.45, 2.75) is 19.1 Å². The fourth-order valence-electron chi connectivity index (χ4n) is 4.32. The Morgan fingerprint density at radius 1 is 1.11 bits per heavy atom. The number of halogens is 3. The van der Waals surface area contributed by atoms with Crippen LogP contribution in [0.4, 0.5) is 18.9 Å². The molecule has 10 heteroatoms. The van der Waals surface area contributed by atoms with E-state index >= 15 is 0 Å². The third kappa shape index (κ3) is 4.53. The molecule has 2 aromatic heterocycles. The summed E-state index contributed by atoms with van der Waals surface area (Å²) in [6.45, 7) is 1.57. The summed E-state index contributed by atoms with van der Waals surface area (Å²) in [5.41, 5.74) is -0.130. The number of aryl methyl sites for hydroxylation is 1. The van der Waals surface area contributed by atoms with Crippen LogP contribution in [0, 0.1) is 0 Å². The lowest BCUT2D eigenvalue weighted by Gasteiger charge is -2.20. The number of aromatic carboxylic acids is 1. The van der Waals surface area contributed by atoms with Gasteiger partial charge in [-0.05, 0) is 49.4 Å². The summed E-state index contributed by atoms with van der Waals surface area (Å²) in [6.07, 6.45) is -2.91. The van der Waals surface area contributed by atoms with E-state index in [1.165, 1.54) is 18.2 Å². The molecule has 0 saturated heterocycles. The van der Waals surface area contributed by atoms with Crippen LogP contribution in [-0.2, 0) is 13.2 Å². The molecule has 0 saturated carbocycles.